The van der Waals surface area contributed by atoms with Crippen molar-refractivity contribution >= 4 is 17.2 Å². The molecule has 0 saturated heterocycles. The van der Waals surface area contributed by atoms with E-state index < -0.39 is 23.8 Å². The summed E-state index contributed by atoms with van der Waals surface area (Å²) in [5, 5.41) is 17.3. The van der Waals surface area contributed by atoms with Gasteiger partial charge in [0.15, 0.2) is 0 Å². The van der Waals surface area contributed by atoms with Crippen molar-refractivity contribution in [1.82, 2.24) is 10.6 Å². The molecule has 1 aromatic carbocycles. The molecule has 3 N–H and O–H groups in total. The SMILES string of the molecule is CCc1ccc(C2(NCC(O)C(Cc3cc(F)cc(F)c3)NC(C)=O)CCCCC2)s1. The van der Waals surface area contributed by atoms with Gasteiger partial charge in [-0.25, -0.2) is 8.78 Å². The van der Waals surface area contributed by atoms with Crippen LogP contribution >= 0.6 is 11.3 Å². The van der Waals surface area contributed by atoms with Crippen molar-refractivity contribution in [3.8, 4) is 0 Å². The molecule has 3 rings (SSSR count). The zero-order valence-electron chi connectivity index (χ0n) is 18.2. The molecule has 0 spiro atoms. The fourth-order valence-electron chi connectivity index (χ4n) is 4.46. The lowest BCUT2D eigenvalue weighted by Gasteiger charge is -2.39. The van der Waals surface area contributed by atoms with Crippen molar-refractivity contribution in [3.05, 3.63) is 57.3 Å². The minimum Gasteiger partial charge on any atom is -0.390 e. The van der Waals surface area contributed by atoms with Crippen LogP contribution in [0.1, 0.15) is 61.3 Å². The molecule has 1 aliphatic rings. The van der Waals surface area contributed by atoms with Gasteiger partial charge < -0.3 is 15.7 Å². The predicted octanol–water partition coefficient (Wildman–Crippen LogP) is 4.45. The molecule has 2 aromatic rings. The lowest BCUT2D eigenvalue weighted by Crippen LogP contribution is -2.52. The van der Waals surface area contributed by atoms with Crippen molar-refractivity contribution in [1.29, 1.82) is 0 Å². The third-order valence-corrected chi connectivity index (χ3v) is 7.50. The van der Waals surface area contributed by atoms with E-state index in [9.17, 15) is 18.7 Å². The normalized spacial score (nSPS) is 17.8. The molecule has 0 radical (unpaired) electrons. The fraction of sp³-hybridized carbons (Fsp3) is 0.542. The first-order chi connectivity index (χ1) is 14.8. The molecule has 1 aromatic heterocycles. The van der Waals surface area contributed by atoms with Crippen molar-refractivity contribution < 1.29 is 18.7 Å². The molecule has 170 valence electrons. The highest BCUT2D eigenvalue weighted by molar-refractivity contribution is 7.12. The number of halogens is 2. The number of benzene rings is 1. The Balaban J connectivity index is 1.74. The van der Waals surface area contributed by atoms with Crippen molar-refractivity contribution in [2.24, 2.45) is 0 Å². The number of rotatable bonds is 9. The third-order valence-electron chi connectivity index (χ3n) is 6.07. The van der Waals surface area contributed by atoms with E-state index in [2.05, 4.69) is 29.7 Å². The van der Waals surface area contributed by atoms with E-state index in [-0.39, 0.29) is 24.4 Å². The molecule has 2 unspecified atom stereocenters. The topological polar surface area (TPSA) is 61.4 Å². The number of aryl methyl sites for hydroxylation is 1. The second kappa shape index (κ2) is 10.7. The maximum atomic E-state index is 13.6. The molecule has 1 heterocycles. The molecule has 31 heavy (non-hydrogen) atoms. The van der Waals surface area contributed by atoms with Crippen LogP contribution < -0.4 is 10.6 Å². The Bertz CT molecular complexity index is 860. The Hall–Kier alpha value is -1.83. The Kier molecular flexibility index (Phi) is 8.19. The van der Waals surface area contributed by atoms with Crippen LogP contribution in [0.5, 0.6) is 0 Å². The van der Waals surface area contributed by atoms with Gasteiger partial charge in [0.2, 0.25) is 5.91 Å². The number of hydrogen-bond acceptors (Lipinski definition) is 4. The van der Waals surface area contributed by atoms with Crippen LogP contribution in [0.15, 0.2) is 30.3 Å². The van der Waals surface area contributed by atoms with Gasteiger partial charge in [-0.2, -0.15) is 0 Å². The van der Waals surface area contributed by atoms with Gasteiger partial charge in [0.25, 0.3) is 0 Å². The largest absolute Gasteiger partial charge is 0.390 e. The van der Waals surface area contributed by atoms with Crippen LogP contribution in [-0.2, 0) is 23.2 Å². The minimum absolute atomic E-state index is 0.142. The highest BCUT2D eigenvalue weighted by Gasteiger charge is 2.36. The highest BCUT2D eigenvalue weighted by atomic mass is 32.1. The number of aliphatic hydroxyl groups excluding tert-OH is 1. The quantitative estimate of drug-likeness (QED) is 0.529. The number of amides is 1. The Morgan fingerprint density at radius 2 is 1.84 bits per heavy atom. The van der Waals surface area contributed by atoms with Gasteiger partial charge >= 0.3 is 0 Å². The van der Waals surface area contributed by atoms with Crippen molar-refractivity contribution in [2.45, 2.75) is 76.5 Å². The van der Waals surface area contributed by atoms with Gasteiger partial charge in [0, 0.05) is 29.3 Å². The van der Waals surface area contributed by atoms with E-state index in [1.54, 1.807) is 0 Å². The minimum atomic E-state index is -0.903. The molecule has 1 amide bonds. The average Bonchev–Trinajstić information content (AvgIpc) is 3.21. The fourth-order valence-corrected chi connectivity index (χ4v) is 5.63. The second-order valence-corrected chi connectivity index (χ2v) is 9.67. The summed E-state index contributed by atoms with van der Waals surface area (Å²) in [5.41, 5.74) is 0.219. The first-order valence-corrected chi connectivity index (χ1v) is 11.9. The maximum absolute atomic E-state index is 13.6. The number of aliphatic hydroxyl groups is 1. The number of nitrogens with one attached hydrogen (secondary N) is 2. The highest BCUT2D eigenvalue weighted by Crippen LogP contribution is 2.40. The second-order valence-electron chi connectivity index (χ2n) is 8.50. The van der Waals surface area contributed by atoms with E-state index in [0.717, 1.165) is 38.2 Å². The molecular weight excluding hydrogens is 418 g/mol. The van der Waals surface area contributed by atoms with Crippen LogP contribution in [0, 0.1) is 11.6 Å². The van der Waals surface area contributed by atoms with E-state index >= 15 is 0 Å². The van der Waals surface area contributed by atoms with Crippen LogP contribution in [0.4, 0.5) is 8.78 Å². The van der Waals surface area contributed by atoms with Crippen molar-refractivity contribution in [2.75, 3.05) is 6.54 Å². The number of carbonyl (C=O) groups excluding carboxylic acids is 1. The van der Waals surface area contributed by atoms with Gasteiger partial charge in [-0.3, -0.25) is 4.79 Å². The zero-order chi connectivity index (χ0) is 22.4. The predicted molar refractivity (Wildman–Crippen MR) is 120 cm³/mol. The van der Waals surface area contributed by atoms with E-state index in [0.29, 0.717) is 5.56 Å². The van der Waals surface area contributed by atoms with Crippen LogP contribution in [-0.4, -0.2) is 29.7 Å². The van der Waals surface area contributed by atoms with Crippen LogP contribution in [0.2, 0.25) is 0 Å². The van der Waals surface area contributed by atoms with Crippen LogP contribution in [0.3, 0.4) is 0 Å². The van der Waals surface area contributed by atoms with E-state index in [4.69, 9.17) is 0 Å². The molecule has 1 aliphatic carbocycles. The van der Waals surface area contributed by atoms with E-state index in [1.165, 1.54) is 35.2 Å². The molecule has 4 nitrogen and oxygen atoms in total. The summed E-state index contributed by atoms with van der Waals surface area (Å²) in [6, 6.07) is 6.99. The Morgan fingerprint density at radius 3 is 2.42 bits per heavy atom. The maximum Gasteiger partial charge on any atom is 0.217 e. The zero-order valence-corrected chi connectivity index (χ0v) is 19.0. The number of hydrogen-bond donors (Lipinski definition) is 3. The Morgan fingerprint density at radius 1 is 1.16 bits per heavy atom. The van der Waals surface area contributed by atoms with Gasteiger partial charge in [-0.15, -0.1) is 11.3 Å². The molecule has 7 heteroatoms. The summed E-state index contributed by atoms with van der Waals surface area (Å²) in [6.45, 7) is 3.80. The summed E-state index contributed by atoms with van der Waals surface area (Å²) < 4.78 is 27.2. The summed E-state index contributed by atoms with van der Waals surface area (Å²) in [6.07, 6.45) is 5.70. The molecule has 0 aliphatic heterocycles. The molecule has 2 atom stereocenters. The smallest absolute Gasteiger partial charge is 0.217 e. The van der Waals surface area contributed by atoms with Gasteiger partial charge in [0.05, 0.1) is 17.7 Å². The van der Waals surface area contributed by atoms with Gasteiger partial charge in [0.1, 0.15) is 11.6 Å². The van der Waals surface area contributed by atoms with E-state index in [1.807, 2.05) is 11.3 Å². The first-order valence-electron chi connectivity index (χ1n) is 11.1. The first kappa shape index (κ1) is 23.8. The number of thiophene rings is 1. The molecule has 0 bridgehead atoms. The number of carbonyl (C=O) groups is 1. The van der Waals surface area contributed by atoms with Crippen molar-refractivity contribution in [3.63, 3.8) is 0 Å². The monoisotopic (exact) mass is 450 g/mol. The lowest BCUT2D eigenvalue weighted by molar-refractivity contribution is -0.120. The Labute approximate surface area is 187 Å². The molecule has 1 fully saturated rings. The average molecular weight is 451 g/mol. The summed E-state index contributed by atoms with van der Waals surface area (Å²) in [7, 11) is 0. The van der Waals surface area contributed by atoms with Gasteiger partial charge in [-0.05, 0) is 55.5 Å². The summed E-state index contributed by atoms with van der Waals surface area (Å²) in [5.74, 6) is -1.64. The standard InChI is InChI=1S/C24H32F2N2O2S/c1-3-20-7-8-23(31-20)24(9-5-4-6-10-24)27-15-22(30)21(28-16(2)29)13-17-11-18(25)14-19(26)12-17/h7-8,11-12,14,21-22,27,30H,3-6,9-10,13,15H2,1-2H3,(H,28,29). The van der Waals surface area contributed by atoms with Gasteiger partial charge in [-0.1, -0.05) is 26.2 Å². The third kappa shape index (κ3) is 6.34. The van der Waals surface area contributed by atoms with Crippen LogP contribution in [0.25, 0.3) is 0 Å². The lowest BCUT2D eigenvalue weighted by atomic mass is 9.80. The summed E-state index contributed by atoms with van der Waals surface area (Å²) in [4.78, 5) is 14.4. The molecule has 1 saturated carbocycles. The summed E-state index contributed by atoms with van der Waals surface area (Å²) >= 11 is 1.82. The molecular formula is C24H32F2N2O2S.